The largest absolute Gasteiger partial charge is 0.478 e. The number of carboxylic acid groups (broad SMARTS) is 1. The molecule has 20 heavy (non-hydrogen) atoms. The Balaban J connectivity index is 2.33. The summed E-state index contributed by atoms with van der Waals surface area (Å²) in [7, 11) is 0. The summed E-state index contributed by atoms with van der Waals surface area (Å²) in [5.41, 5.74) is 0.514. The van der Waals surface area contributed by atoms with Gasteiger partial charge in [0.1, 0.15) is 5.75 Å². The third kappa shape index (κ3) is 2.74. The minimum Gasteiger partial charge on any atom is -0.478 e. The van der Waals surface area contributed by atoms with Gasteiger partial charge in [-0.2, -0.15) is 0 Å². The summed E-state index contributed by atoms with van der Waals surface area (Å²) in [5, 5.41) is 19.8. The lowest BCUT2D eigenvalue weighted by molar-refractivity contribution is -0.386. The van der Waals surface area contributed by atoms with Crippen LogP contribution in [0.5, 0.6) is 11.5 Å². The van der Waals surface area contributed by atoms with Crippen molar-refractivity contribution in [1.29, 1.82) is 0 Å². The first-order valence-corrected chi connectivity index (χ1v) is 5.74. The van der Waals surface area contributed by atoms with Gasteiger partial charge >= 0.3 is 11.7 Å². The minimum absolute atomic E-state index is 0.102. The molecule has 0 bridgehead atoms. The highest BCUT2D eigenvalue weighted by atomic mass is 16.6. The molecule has 0 amide bonds. The maximum atomic E-state index is 11.0. The first kappa shape index (κ1) is 13.5. The van der Waals surface area contributed by atoms with E-state index in [2.05, 4.69) is 0 Å². The Morgan fingerprint density at radius 2 is 1.85 bits per heavy atom. The zero-order valence-electron chi connectivity index (χ0n) is 10.6. The maximum Gasteiger partial charge on any atom is 0.335 e. The number of ether oxygens (including phenoxy) is 1. The summed E-state index contributed by atoms with van der Waals surface area (Å²) in [6.07, 6.45) is 0. The Bertz CT molecular complexity index is 664. The van der Waals surface area contributed by atoms with Gasteiger partial charge in [0.2, 0.25) is 5.75 Å². The number of para-hydroxylation sites is 1. The molecule has 0 unspecified atom stereocenters. The van der Waals surface area contributed by atoms with Crippen molar-refractivity contribution in [3.63, 3.8) is 0 Å². The summed E-state index contributed by atoms with van der Waals surface area (Å²) in [6, 6.07) is 10.4. The van der Waals surface area contributed by atoms with Gasteiger partial charge in [0.05, 0.1) is 10.5 Å². The number of rotatable bonds is 4. The molecule has 6 nitrogen and oxygen atoms in total. The average Bonchev–Trinajstić information content (AvgIpc) is 2.39. The molecule has 0 atom stereocenters. The molecule has 1 N–H and O–H groups in total. The predicted octanol–water partition coefficient (Wildman–Crippen LogP) is 3.39. The van der Waals surface area contributed by atoms with E-state index in [0.717, 1.165) is 0 Å². The highest BCUT2D eigenvalue weighted by Crippen LogP contribution is 2.33. The number of nitro benzene ring substituents is 1. The molecule has 0 aliphatic heterocycles. The third-order valence-electron chi connectivity index (χ3n) is 2.71. The van der Waals surface area contributed by atoms with E-state index < -0.39 is 10.9 Å². The SMILES string of the molecule is Cc1cccc(Oc2ccc(C(=O)O)cc2)c1[N+](=O)[O-]. The maximum absolute atomic E-state index is 11.0. The molecule has 0 aromatic heterocycles. The Kier molecular flexibility index (Phi) is 3.65. The van der Waals surface area contributed by atoms with Crippen molar-refractivity contribution >= 4 is 11.7 Å². The summed E-state index contributed by atoms with van der Waals surface area (Å²) in [5.74, 6) is -0.583. The molecule has 0 spiro atoms. The van der Waals surface area contributed by atoms with Gasteiger partial charge in [0.15, 0.2) is 0 Å². The zero-order chi connectivity index (χ0) is 14.7. The number of hydrogen-bond acceptors (Lipinski definition) is 4. The fourth-order valence-corrected chi connectivity index (χ4v) is 1.74. The Labute approximate surface area is 114 Å². The molecular formula is C14H11NO5. The molecule has 0 aliphatic rings. The van der Waals surface area contributed by atoms with Gasteiger partial charge in [-0.25, -0.2) is 4.79 Å². The van der Waals surface area contributed by atoms with Gasteiger partial charge in [-0.15, -0.1) is 0 Å². The van der Waals surface area contributed by atoms with Crippen LogP contribution in [0.15, 0.2) is 42.5 Å². The Morgan fingerprint density at radius 1 is 1.20 bits per heavy atom. The summed E-state index contributed by atoms with van der Waals surface area (Å²) < 4.78 is 5.45. The van der Waals surface area contributed by atoms with Crippen molar-refractivity contribution < 1.29 is 19.6 Å². The zero-order valence-corrected chi connectivity index (χ0v) is 10.6. The molecule has 0 heterocycles. The molecule has 0 saturated heterocycles. The monoisotopic (exact) mass is 273 g/mol. The van der Waals surface area contributed by atoms with E-state index in [4.69, 9.17) is 9.84 Å². The van der Waals surface area contributed by atoms with Crippen molar-refractivity contribution in [1.82, 2.24) is 0 Å². The number of aromatic carboxylic acids is 1. The van der Waals surface area contributed by atoms with Gasteiger partial charge in [0.25, 0.3) is 0 Å². The van der Waals surface area contributed by atoms with Crippen LogP contribution in [0.4, 0.5) is 5.69 Å². The highest BCUT2D eigenvalue weighted by molar-refractivity contribution is 5.87. The number of aryl methyl sites for hydroxylation is 1. The predicted molar refractivity (Wildman–Crippen MR) is 71.3 cm³/mol. The van der Waals surface area contributed by atoms with Crippen LogP contribution in [0.3, 0.4) is 0 Å². The van der Waals surface area contributed by atoms with Crippen LogP contribution in [-0.4, -0.2) is 16.0 Å². The van der Waals surface area contributed by atoms with Gasteiger partial charge in [-0.05, 0) is 37.3 Å². The first-order valence-electron chi connectivity index (χ1n) is 5.74. The van der Waals surface area contributed by atoms with Gasteiger partial charge in [-0.3, -0.25) is 10.1 Å². The van der Waals surface area contributed by atoms with Gasteiger partial charge in [-0.1, -0.05) is 12.1 Å². The number of benzene rings is 2. The molecule has 2 rings (SSSR count). The van der Waals surface area contributed by atoms with Crippen molar-refractivity contribution in [3.8, 4) is 11.5 Å². The van der Waals surface area contributed by atoms with Crippen LogP contribution in [0.1, 0.15) is 15.9 Å². The highest BCUT2D eigenvalue weighted by Gasteiger charge is 2.18. The second-order valence-corrected chi connectivity index (χ2v) is 4.11. The van der Waals surface area contributed by atoms with Gasteiger partial charge in [0, 0.05) is 5.56 Å². The van der Waals surface area contributed by atoms with E-state index >= 15 is 0 Å². The Morgan fingerprint density at radius 3 is 2.40 bits per heavy atom. The quantitative estimate of drug-likeness (QED) is 0.681. The van der Waals surface area contributed by atoms with E-state index in [9.17, 15) is 14.9 Å². The lowest BCUT2D eigenvalue weighted by atomic mass is 10.2. The Hall–Kier alpha value is -2.89. The first-order chi connectivity index (χ1) is 9.49. The van der Waals surface area contributed by atoms with E-state index in [0.29, 0.717) is 11.3 Å². The van der Waals surface area contributed by atoms with E-state index in [1.165, 1.54) is 30.3 Å². The fourth-order valence-electron chi connectivity index (χ4n) is 1.74. The molecule has 2 aromatic carbocycles. The molecule has 0 saturated carbocycles. The third-order valence-corrected chi connectivity index (χ3v) is 2.71. The van der Waals surface area contributed by atoms with Crippen LogP contribution in [-0.2, 0) is 0 Å². The molecule has 0 fully saturated rings. The normalized spacial score (nSPS) is 10.1. The fraction of sp³-hybridized carbons (Fsp3) is 0.0714. The van der Waals surface area contributed by atoms with E-state index in [1.54, 1.807) is 19.1 Å². The van der Waals surface area contributed by atoms with E-state index in [-0.39, 0.29) is 17.0 Å². The minimum atomic E-state index is -1.04. The molecule has 2 aromatic rings. The van der Waals surface area contributed by atoms with Crippen LogP contribution in [0.25, 0.3) is 0 Å². The van der Waals surface area contributed by atoms with Crippen LogP contribution in [0.2, 0.25) is 0 Å². The van der Waals surface area contributed by atoms with Crippen molar-refractivity contribution in [2.24, 2.45) is 0 Å². The second kappa shape index (κ2) is 5.40. The van der Waals surface area contributed by atoms with Crippen LogP contribution < -0.4 is 4.74 Å². The molecule has 0 aliphatic carbocycles. The summed E-state index contributed by atoms with van der Waals surface area (Å²) in [6.45, 7) is 1.62. The average molecular weight is 273 g/mol. The van der Waals surface area contributed by atoms with Crippen molar-refractivity contribution in [3.05, 3.63) is 63.7 Å². The summed E-state index contributed by atoms with van der Waals surface area (Å²) >= 11 is 0. The van der Waals surface area contributed by atoms with E-state index in [1.807, 2.05) is 0 Å². The lowest BCUT2D eigenvalue weighted by Gasteiger charge is -2.07. The van der Waals surface area contributed by atoms with Crippen molar-refractivity contribution in [2.75, 3.05) is 0 Å². The number of nitro groups is 1. The van der Waals surface area contributed by atoms with Crippen LogP contribution >= 0.6 is 0 Å². The van der Waals surface area contributed by atoms with Gasteiger partial charge < -0.3 is 9.84 Å². The number of hydrogen-bond donors (Lipinski definition) is 1. The molecule has 102 valence electrons. The molecule has 6 heteroatoms. The number of carboxylic acids is 1. The number of nitrogens with zero attached hydrogens (tertiary/aromatic N) is 1. The summed E-state index contributed by atoms with van der Waals surface area (Å²) in [4.78, 5) is 21.2. The van der Waals surface area contributed by atoms with Crippen molar-refractivity contribution in [2.45, 2.75) is 6.92 Å². The standard InChI is InChI=1S/C14H11NO5/c1-9-3-2-4-12(13(9)15(18)19)20-11-7-5-10(6-8-11)14(16)17/h2-8H,1H3,(H,16,17). The second-order valence-electron chi connectivity index (χ2n) is 4.11. The molecule has 0 radical (unpaired) electrons. The molecular weight excluding hydrogens is 262 g/mol. The smallest absolute Gasteiger partial charge is 0.335 e. The topological polar surface area (TPSA) is 89.7 Å². The van der Waals surface area contributed by atoms with Crippen LogP contribution in [0, 0.1) is 17.0 Å². The number of carbonyl (C=O) groups is 1. The lowest BCUT2D eigenvalue weighted by Crippen LogP contribution is -1.97.